The predicted octanol–water partition coefficient (Wildman–Crippen LogP) is 3.05. The summed E-state index contributed by atoms with van der Waals surface area (Å²) in [5.74, 6) is -0.414. The molecule has 0 saturated heterocycles. The number of hydrogen-bond donors (Lipinski definition) is 2. The third-order valence-corrected chi connectivity index (χ3v) is 4.00. The van der Waals surface area contributed by atoms with Gasteiger partial charge in [0.05, 0.1) is 23.9 Å². The monoisotopic (exact) mass is 262 g/mol. The first-order chi connectivity index (χ1) is 9.19. The molecule has 0 atom stereocenters. The van der Waals surface area contributed by atoms with Crippen LogP contribution in [0.5, 0.6) is 0 Å². The summed E-state index contributed by atoms with van der Waals surface area (Å²) in [6, 6.07) is 6.32. The van der Waals surface area contributed by atoms with Gasteiger partial charge < -0.3 is 10.4 Å². The molecule has 0 aromatic heterocycles. The van der Waals surface area contributed by atoms with Gasteiger partial charge in [-0.3, -0.25) is 0 Å². The Morgan fingerprint density at radius 2 is 2.05 bits per heavy atom. The molecule has 0 radical (unpaired) electrons. The molecule has 1 aromatic carbocycles. The average Bonchev–Trinajstić information content (AvgIpc) is 2.47. The number of aliphatic hydroxyl groups excluding tert-OH is 1. The Balaban J connectivity index is 2.03. The number of nitrogens with zero attached hydrogens (tertiary/aromatic N) is 1. The molecule has 19 heavy (non-hydrogen) atoms. The van der Waals surface area contributed by atoms with Gasteiger partial charge in [0.2, 0.25) is 0 Å². The molecule has 0 spiro atoms. The highest BCUT2D eigenvalue weighted by Gasteiger charge is 2.31. The van der Waals surface area contributed by atoms with E-state index in [9.17, 15) is 9.50 Å². The van der Waals surface area contributed by atoms with Gasteiger partial charge >= 0.3 is 0 Å². The molecule has 1 fully saturated rings. The van der Waals surface area contributed by atoms with Crippen molar-refractivity contribution in [2.45, 2.75) is 32.1 Å². The lowest BCUT2D eigenvalue weighted by atomic mass is 9.74. The molecular weight excluding hydrogens is 243 g/mol. The zero-order valence-electron chi connectivity index (χ0n) is 11.0. The first kappa shape index (κ1) is 13.8. The maximum absolute atomic E-state index is 13.7. The molecular formula is C15H19FN2O. The number of aliphatic hydroxyl groups is 1. The van der Waals surface area contributed by atoms with Crippen molar-refractivity contribution >= 4 is 5.69 Å². The van der Waals surface area contributed by atoms with Gasteiger partial charge in [0, 0.05) is 12.0 Å². The maximum Gasteiger partial charge on any atom is 0.147 e. The molecule has 0 amide bonds. The zero-order valence-corrected chi connectivity index (χ0v) is 11.0. The van der Waals surface area contributed by atoms with Crippen molar-refractivity contribution in [3.05, 3.63) is 29.6 Å². The normalized spacial score (nSPS) is 17.7. The van der Waals surface area contributed by atoms with Gasteiger partial charge in [0.15, 0.2) is 0 Å². The number of nitriles is 1. The van der Waals surface area contributed by atoms with Gasteiger partial charge in [-0.15, -0.1) is 0 Å². The van der Waals surface area contributed by atoms with Crippen molar-refractivity contribution < 1.29 is 9.50 Å². The van der Waals surface area contributed by atoms with E-state index in [1.54, 1.807) is 12.1 Å². The molecule has 3 nitrogen and oxygen atoms in total. The van der Waals surface area contributed by atoms with Crippen molar-refractivity contribution in [3.63, 3.8) is 0 Å². The molecule has 0 bridgehead atoms. The van der Waals surface area contributed by atoms with Crippen LogP contribution in [0.3, 0.4) is 0 Å². The summed E-state index contributed by atoms with van der Waals surface area (Å²) in [5.41, 5.74) is 0.591. The Kier molecular flexibility index (Phi) is 4.39. The number of halogens is 1. The van der Waals surface area contributed by atoms with Crippen LogP contribution in [0, 0.1) is 22.6 Å². The van der Waals surface area contributed by atoms with E-state index in [0.29, 0.717) is 17.8 Å². The van der Waals surface area contributed by atoms with E-state index in [1.165, 1.54) is 12.5 Å². The number of hydrogen-bond acceptors (Lipinski definition) is 3. The van der Waals surface area contributed by atoms with E-state index in [1.807, 2.05) is 6.07 Å². The predicted molar refractivity (Wildman–Crippen MR) is 72.2 cm³/mol. The number of benzene rings is 1. The van der Waals surface area contributed by atoms with Crippen molar-refractivity contribution in [3.8, 4) is 6.07 Å². The minimum Gasteiger partial charge on any atom is -0.396 e. The molecule has 1 aromatic rings. The number of anilines is 1. The molecule has 1 aliphatic rings. The van der Waals surface area contributed by atoms with E-state index >= 15 is 0 Å². The molecule has 4 heteroatoms. The largest absolute Gasteiger partial charge is 0.396 e. The second-order valence-electron chi connectivity index (χ2n) is 5.38. The fourth-order valence-corrected chi connectivity index (χ4v) is 2.70. The highest BCUT2D eigenvalue weighted by atomic mass is 19.1. The van der Waals surface area contributed by atoms with Crippen LogP contribution in [-0.4, -0.2) is 18.3 Å². The fraction of sp³-hybridized carbons (Fsp3) is 0.533. The van der Waals surface area contributed by atoms with E-state index in [2.05, 4.69) is 5.32 Å². The lowest BCUT2D eigenvalue weighted by molar-refractivity contribution is 0.0943. The lowest BCUT2D eigenvalue weighted by Crippen LogP contribution is -2.35. The standard InChI is InChI=1S/C15H19FN2O/c16-13-8-12(9-17)4-5-14(13)18-10-15(11-19)6-2-1-3-7-15/h4-5,8,18-19H,1-3,6-7,10-11H2. The summed E-state index contributed by atoms with van der Waals surface area (Å²) >= 11 is 0. The second kappa shape index (κ2) is 6.03. The third kappa shape index (κ3) is 3.24. The minimum absolute atomic E-state index is 0.126. The lowest BCUT2D eigenvalue weighted by Gasteiger charge is -2.36. The molecule has 2 rings (SSSR count). The Labute approximate surface area is 113 Å². The van der Waals surface area contributed by atoms with Crippen LogP contribution in [0.2, 0.25) is 0 Å². The summed E-state index contributed by atoms with van der Waals surface area (Å²) in [4.78, 5) is 0. The van der Waals surface area contributed by atoms with Crippen LogP contribution >= 0.6 is 0 Å². The smallest absolute Gasteiger partial charge is 0.147 e. The topological polar surface area (TPSA) is 56.0 Å². The molecule has 0 aliphatic heterocycles. The van der Waals surface area contributed by atoms with E-state index in [-0.39, 0.29) is 12.0 Å². The average molecular weight is 262 g/mol. The first-order valence-electron chi connectivity index (χ1n) is 6.73. The van der Waals surface area contributed by atoms with E-state index in [0.717, 1.165) is 25.7 Å². The second-order valence-corrected chi connectivity index (χ2v) is 5.38. The SMILES string of the molecule is N#Cc1ccc(NCC2(CO)CCCCC2)c(F)c1. The van der Waals surface area contributed by atoms with Crippen LogP contribution in [0.4, 0.5) is 10.1 Å². The molecule has 0 unspecified atom stereocenters. The van der Waals surface area contributed by atoms with Gasteiger partial charge in [-0.2, -0.15) is 5.26 Å². The zero-order chi connectivity index (χ0) is 13.7. The third-order valence-electron chi connectivity index (χ3n) is 4.00. The molecule has 2 N–H and O–H groups in total. The summed E-state index contributed by atoms with van der Waals surface area (Å²) < 4.78 is 13.7. The highest BCUT2D eigenvalue weighted by molar-refractivity contribution is 5.48. The Morgan fingerprint density at radius 3 is 2.63 bits per heavy atom. The van der Waals surface area contributed by atoms with Gasteiger partial charge in [-0.05, 0) is 31.0 Å². The molecule has 1 aliphatic carbocycles. The summed E-state index contributed by atoms with van der Waals surface area (Å²) in [6.07, 6.45) is 5.42. The van der Waals surface area contributed by atoms with Crippen LogP contribution in [-0.2, 0) is 0 Å². The van der Waals surface area contributed by atoms with Crippen LogP contribution in [0.15, 0.2) is 18.2 Å². The van der Waals surface area contributed by atoms with Crippen molar-refractivity contribution in [2.75, 3.05) is 18.5 Å². The number of rotatable bonds is 4. The van der Waals surface area contributed by atoms with Crippen LogP contribution < -0.4 is 5.32 Å². The van der Waals surface area contributed by atoms with Crippen molar-refractivity contribution in [2.24, 2.45) is 5.41 Å². The molecule has 102 valence electrons. The summed E-state index contributed by atoms with van der Waals surface area (Å²) in [6.45, 7) is 0.713. The Bertz CT molecular complexity index is 476. The fourth-order valence-electron chi connectivity index (χ4n) is 2.70. The summed E-state index contributed by atoms with van der Waals surface area (Å²) in [5, 5.41) is 21.4. The first-order valence-corrected chi connectivity index (χ1v) is 6.73. The van der Waals surface area contributed by atoms with Crippen molar-refractivity contribution in [1.29, 1.82) is 5.26 Å². The number of nitrogens with one attached hydrogen (secondary N) is 1. The van der Waals surface area contributed by atoms with Gasteiger partial charge in [-0.25, -0.2) is 4.39 Å². The summed E-state index contributed by atoms with van der Waals surface area (Å²) in [7, 11) is 0. The van der Waals surface area contributed by atoms with E-state index < -0.39 is 5.82 Å². The van der Waals surface area contributed by atoms with Crippen LogP contribution in [0.25, 0.3) is 0 Å². The maximum atomic E-state index is 13.7. The van der Waals surface area contributed by atoms with Crippen molar-refractivity contribution in [1.82, 2.24) is 0 Å². The van der Waals surface area contributed by atoms with Gasteiger partial charge in [-0.1, -0.05) is 19.3 Å². The minimum atomic E-state index is -0.414. The molecule has 0 heterocycles. The van der Waals surface area contributed by atoms with E-state index in [4.69, 9.17) is 5.26 Å². The quantitative estimate of drug-likeness (QED) is 0.876. The van der Waals surface area contributed by atoms with Gasteiger partial charge in [0.1, 0.15) is 5.82 Å². The molecule has 1 saturated carbocycles. The highest BCUT2D eigenvalue weighted by Crippen LogP contribution is 2.36. The Hall–Kier alpha value is -1.60. The van der Waals surface area contributed by atoms with Crippen LogP contribution in [0.1, 0.15) is 37.7 Å². The Morgan fingerprint density at radius 1 is 1.32 bits per heavy atom. The van der Waals surface area contributed by atoms with Gasteiger partial charge in [0.25, 0.3) is 0 Å².